The van der Waals surface area contributed by atoms with Gasteiger partial charge in [-0.05, 0) is 24.7 Å². The Kier molecular flexibility index (Phi) is 5.90. The molecule has 0 bridgehead atoms. The van der Waals surface area contributed by atoms with E-state index in [9.17, 15) is 0 Å². The van der Waals surface area contributed by atoms with Crippen molar-refractivity contribution in [3.05, 3.63) is 0 Å². The van der Waals surface area contributed by atoms with E-state index in [4.69, 9.17) is 27.9 Å². The minimum absolute atomic E-state index is 0.0639. The fourth-order valence-corrected chi connectivity index (χ4v) is 3.13. The largest absolute Gasteiger partial charge is 0.338 e. The minimum Gasteiger partial charge on any atom is -0.338 e. The zero-order chi connectivity index (χ0) is 15.9. The molecular formula is C16H32Cl2O. The molecule has 0 aromatic heterocycles. The number of rotatable bonds is 4. The van der Waals surface area contributed by atoms with Crippen LogP contribution in [0.1, 0.15) is 69.2 Å². The third-order valence-electron chi connectivity index (χ3n) is 4.54. The van der Waals surface area contributed by atoms with Gasteiger partial charge in [-0.25, -0.2) is 0 Å². The van der Waals surface area contributed by atoms with Crippen molar-refractivity contribution in [1.82, 2.24) is 0 Å². The summed E-state index contributed by atoms with van der Waals surface area (Å²) < 4.78 is 6.13. The van der Waals surface area contributed by atoms with Crippen molar-refractivity contribution in [2.24, 2.45) is 22.7 Å². The van der Waals surface area contributed by atoms with Crippen molar-refractivity contribution in [3.8, 4) is 0 Å². The molecule has 116 valence electrons. The first-order valence-electron chi connectivity index (χ1n) is 7.10. The van der Waals surface area contributed by atoms with E-state index in [1.54, 1.807) is 0 Å². The highest BCUT2D eigenvalue weighted by Gasteiger charge is 2.46. The highest BCUT2D eigenvalue weighted by Crippen LogP contribution is 2.47. The molecule has 0 heterocycles. The normalized spacial score (nSPS) is 23.4. The highest BCUT2D eigenvalue weighted by atomic mass is 35.5. The highest BCUT2D eigenvalue weighted by molar-refractivity contribution is 6.25. The molecule has 19 heavy (non-hydrogen) atoms. The molecule has 0 N–H and O–H groups in total. The zero-order valence-electron chi connectivity index (χ0n) is 14.3. The molecule has 1 nitrogen and oxygen atoms in total. The van der Waals surface area contributed by atoms with Crippen LogP contribution < -0.4 is 0 Å². The number of ether oxygens (including phenoxy) is 1. The SMILES string of the molecule is CC(C(C)(C)C)C(C)(Cl)OC(C)(Cl)C(C)C(C)(C)C. The third kappa shape index (κ3) is 5.44. The summed E-state index contributed by atoms with van der Waals surface area (Å²) in [6, 6.07) is 0. The van der Waals surface area contributed by atoms with Crippen molar-refractivity contribution in [1.29, 1.82) is 0 Å². The quantitative estimate of drug-likeness (QED) is 0.555. The Morgan fingerprint density at radius 3 is 1.00 bits per heavy atom. The summed E-state index contributed by atoms with van der Waals surface area (Å²) in [5, 5.41) is -1.57. The second-order valence-electron chi connectivity index (χ2n) is 8.25. The standard InChI is InChI=1S/C16H32Cl2O/c1-11(13(3,4)5)15(9,17)19-16(10,18)12(2)14(6,7)8/h11-12H,1-10H3. The Balaban J connectivity index is 5.11. The Morgan fingerprint density at radius 2 is 0.842 bits per heavy atom. The van der Waals surface area contributed by atoms with Crippen LogP contribution in [0, 0.1) is 22.7 Å². The van der Waals surface area contributed by atoms with Crippen molar-refractivity contribution in [2.45, 2.75) is 79.4 Å². The van der Waals surface area contributed by atoms with Crippen LogP contribution in [0.4, 0.5) is 0 Å². The predicted octanol–water partition coefficient (Wildman–Crippen LogP) is 6.28. The fourth-order valence-electron chi connectivity index (χ4n) is 2.11. The molecule has 0 spiro atoms. The summed E-state index contributed by atoms with van der Waals surface area (Å²) in [7, 11) is 0. The van der Waals surface area contributed by atoms with Crippen molar-refractivity contribution in [3.63, 3.8) is 0 Å². The monoisotopic (exact) mass is 310 g/mol. The number of alkyl halides is 2. The molecule has 4 unspecified atom stereocenters. The Hall–Kier alpha value is 0.540. The van der Waals surface area contributed by atoms with Gasteiger partial charge in [-0.2, -0.15) is 0 Å². The van der Waals surface area contributed by atoms with E-state index in [1.165, 1.54) is 0 Å². The van der Waals surface area contributed by atoms with Crippen molar-refractivity contribution >= 4 is 23.2 Å². The molecule has 0 aromatic rings. The van der Waals surface area contributed by atoms with E-state index in [0.717, 1.165) is 0 Å². The van der Waals surface area contributed by atoms with Crippen LogP contribution >= 0.6 is 23.2 Å². The lowest BCUT2D eigenvalue weighted by Crippen LogP contribution is -2.47. The number of halogens is 2. The van der Waals surface area contributed by atoms with Crippen LogP contribution in [0.15, 0.2) is 0 Å². The summed E-state index contributed by atoms with van der Waals surface area (Å²) in [4.78, 5) is 0. The lowest BCUT2D eigenvalue weighted by Gasteiger charge is -2.46. The summed E-state index contributed by atoms with van der Waals surface area (Å²) in [6.45, 7) is 21.1. The van der Waals surface area contributed by atoms with E-state index >= 15 is 0 Å². The molecule has 3 heteroatoms. The molecule has 4 atom stereocenters. The summed E-state index contributed by atoms with van der Waals surface area (Å²) in [5.74, 6) is 0.346. The molecule has 0 aliphatic rings. The fraction of sp³-hybridized carbons (Fsp3) is 1.00. The van der Waals surface area contributed by atoms with E-state index in [-0.39, 0.29) is 22.7 Å². The van der Waals surface area contributed by atoms with E-state index < -0.39 is 10.1 Å². The topological polar surface area (TPSA) is 9.23 Å². The lowest BCUT2D eigenvalue weighted by atomic mass is 9.77. The molecule has 0 amide bonds. The third-order valence-corrected chi connectivity index (χ3v) is 5.35. The maximum absolute atomic E-state index is 6.64. The first-order chi connectivity index (χ1) is 8.02. The zero-order valence-corrected chi connectivity index (χ0v) is 15.8. The summed E-state index contributed by atoms with van der Waals surface area (Å²) >= 11 is 13.3. The van der Waals surface area contributed by atoms with Crippen molar-refractivity contribution in [2.75, 3.05) is 0 Å². The first kappa shape index (κ1) is 19.5. The van der Waals surface area contributed by atoms with Gasteiger partial charge in [0.2, 0.25) is 0 Å². The molecule has 0 saturated heterocycles. The Labute approximate surface area is 130 Å². The van der Waals surface area contributed by atoms with Crippen LogP contribution in [-0.4, -0.2) is 10.1 Å². The number of hydrogen-bond acceptors (Lipinski definition) is 1. The molecule has 0 aromatic carbocycles. The molecule has 0 aliphatic heterocycles. The van der Waals surface area contributed by atoms with Gasteiger partial charge < -0.3 is 4.74 Å². The maximum Gasteiger partial charge on any atom is 0.144 e. The van der Waals surface area contributed by atoms with Crippen LogP contribution in [0.5, 0.6) is 0 Å². The second kappa shape index (κ2) is 5.73. The molecule has 0 rings (SSSR count). The average molecular weight is 311 g/mol. The Morgan fingerprint density at radius 1 is 0.632 bits per heavy atom. The van der Waals surface area contributed by atoms with Gasteiger partial charge in [-0.1, -0.05) is 78.6 Å². The van der Waals surface area contributed by atoms with Gasteiger partial charge in [0.1, 0.15) is 10.1 Å². The number of hydrogen-bond donors (Lipinski definition) is 0. The van der Waals surface area contributed by atoms with Crippen LogP contribution in [0.2, 0.25) is 0 Å². The van der Waals surface area contributed by atoms with Gasteiger partial charge in [-0.15, -0.1) is 0 Å². The van der Waals surface area contributed by atoms with Crippen LogP contribution in [-0.2, 0) is 4.74 Å². The van der Waals surface area contributed by atoms with E-state index in [0.29, 0.717) is 0 Å². The second-order valence-corrected chi connectivity index (χ2v) is 9.75. The van der Waals surface area contributed by atoms with E-state index in [1.807, 2.05) is 13.8 Å². The molecule has 0 fully saturated rings. The van der Waals surface area contributed by atoms with E-state index in [2.05, 4.69) is 55.4 Å². The van der Waals surface area contributed by atoms with Gasteiger partial charge in [0.15, 0.2) is 0 Å². The smallest absolute Gasteiger partial charge is 0.144 e. The van der Waals surface area contributed by atoms with Gasteiger partial charge in [0.05, 0.1) is 0 Å². The summed E-state index contributed by atoms with van der Waals surface area (Å²) in [6.07, 6.45) is 0. The minimum atomic E-state index is -0.783. The predicted molar refractivity (Wildman–Crippen MR) is 86.8 cm³/mol. The molecular weight excluding hydrogens is 279 g/mol. The van der Waals surface area contributed by atoms with Gasteiger partial charge in [0, 0.05) is 11.8 Å². The van der Waals surface area contributed by atoms with Crippen molar-refractivity contribution < 1.29 is 4.74 Å². The average Bonchev–Trinajstić information content (AvgIpc) is 2.10. The molecule has 0 radical (unpaired) electrons. The van der Waals surface area contributed by atoms with Gasteiger partial charge in [-0.3, -0.25) is 0 Å². The van der Waals surface area contributed by atoms with Gasteiger partial charge in [0.25, 0.3) is 0 Å². The van der Waals surface area contributed by atoms with Gasteiger partial charge >= 0.3 is 0 Å². The Bertz CT molecular complexity index is 265. The first-order valence-corrected chi connectivity index (χ1v) is 7.85. The lowest BCUT2D eigenvalue weighted by molar-refractivity contribution is -0.131. The molecule has 0 aliphatic carbocycles. The van der Waals surface area contributed by atoms with Crippen LogP contribution in [0.3, 0.4) is 0 Å². The maximum atomic E-state index is 6.64. The van der Waals surface area contributed by atoms with Crippen LogP contribution in [0.25, 0.3) is 0 Å². The summed E-state index contributed by atoms with van der Waals surface area (Å²) in [5.41, 5.74) is 0.128. The molecule has 0 saturated carbocycles.